The molecule has 1 unspecified atom stereocenters. The van der Waals surface area contributed by atoms with Crippen molar-refractivity contribution in [3.8, 4) is 0 Å². The van der Waals surface area contributed by atoms with Gasteiger partial charge in [-0.25, -0.2) is 0 Å². The summed E-state index contributed by atoms with van der Waals surface area (Å²) in [7, 11) is 0. The van der Waals surface area contributed by atoms with Crippen LogP contribution in [0.25, 0.3) is 0 Å². The highest BCUT2D eigenvalue weighted by atomic mass is 16.5. The summed E-state index contributed by atoms with van der Waals surface area (Å²) in [5.41, 5.74) is 1.59. The number of nitrogens with one attached hydrogen (secondary N) is 1. The topological polar surface area (TPSA) is 21.3 Å². The Morgan fingerprint density at radius 3 is 2.81 bits per heavy atom. The molecule has 16 heavy (non-hydrogen) atoms. The molecule has 0 bridgehead atoms. The van der Waals surface area contributed by atoms with Crippen molar-refractivity contribution in [2.75, 3.05) is 19.8 Å². The van der Waals surface area contributed by atoms with Gasteiger partial charge in [-0.3, -0.25) is 0 Å². The van der Waals surface area contributed by atoms with Gasteiger partial charge in [-0.1, -0.05) is 30.3 Å². The molecule has 0 aliphatic carbocycles. The molecule has 2 heteroatoms. The van der Waals surface area contributed by atoms with Crippen molar-refractivity contribution in [2.24, 2.45) is 0 Å². The largest absolute Gasteiger partial charge is 0.380 e. The smallest absolute Gasteiger partial charge is 0.0645 e. The highest BCUT2D eigenvalue weighted by Gasteiger charge is 2.26. The van der Waals surface area contributed by atoms with Crippen molar-refractivity contribution in [3.63, 3.8) is 0 Å². The van der Waals surface area contributed by atoms with Crippen LogP contribution in [-0.4, -0.2) is 25.3 Å². The lowest BCUT2D eigenvalue weighted by Gasteiger charge is -2.34. The molecule has 1 heterocycles. The Hall–Kier alpha value is -0.860. The average Bonchev–Trinajstić information content (AvgIpc) is 2.31. The van der Waals surface area contributed by atoms with Crippen molar-refractivity contribution in [1.82, 2.24) is 5.32 Å². The Kier molecular flexibility index (Phi) is 3.97. The second-order valence-corrected chi connectivity index (χ2v) is 4.88. The van der Waals surface area contributed by atoms with Crippen molar-refractivity contribution in [2.45, 2.75) is 31.7 Å². The number of benzene rings is 1. The van der Waals surface area contributed by atoms with E-state index in [0.717, 1.165) is 26.2 Å². The molecule has 0 aromatic heterocycles. The van der Waals surface area contributed by atoms with E-state index in [9.17, 15) is 0 Å². The number of hydrogen-bond donors (Lipinski definition) is 1. The van der Waals surface area contributed by atoms with Crippen LogP contribution < -0.4 is 5.32 Å². The lowest BCUT2D eigenvalue weighted by molar-refractivity contribution is 0.0289. The second kappa shape index (κ2) is 5.46. The molecule has 1 aliphatic rings. The third-order valence-electron chi connectivity index (χ3n) is 3.25. The maximum absolute atomic E-state index is 5.53. The maximum atomic E-state index is 5.53. The monoisotopic (exact) mass is 219 g/mol. The van der Waals surface area contributed by atoms with E-state index in [1.165, 1.54) is 18.4 Å². The van der Waals surface area contributed by atoms with Crippen LogP contribution >= 0.6 is 0 Å². The fourth-order valence-electron chi connectivity index (χ4n) is 2.23. The molecule has 1 N–H and O–H groups in total. The van der Waals surface area contributed by atoms with Gasteiger partial charge in [0.2, 0.25) is 0 Å². The molecule has 1 aromatic carbocycles. The van der Waals surface area contributed by atoms with E-state index in [1.807, 2.05) is 0 Å². The molecule has 2 rings (SSSR count). The molecule has 0 amide bonds. The van der Waals surface area contributed by atoms with E-state index in [-0.39, 0.29) is 5.54 Å². The lowest BCUT2D eigenvalue weighted by atomic mass is 9.94. The normalized spacial score (nSPS) is 25.6. The molecule has 1 fully saturated rings. The van der Waals surface area contributed by atoms with Crippen LogP contribution in [0, 0.1) is 0 Å². The summed E-state index contributed by atoms with van der Waals surface area (Å²) in [5, 5.41) is 3.62. The summed E-state index contributed by atoms with van der Waals surface area (Å²) in [6.07, 6.45) is 3.49. The summed E-state index contributed by atoms with van der Waals surface area (Å²) in [6.45, 7) is 5.07. The van der Waals surface area contributed by atoms with Gasteiger partial charge in [0.05, 0.1) is 6.61 Å². The van der Waals surface area contributed by atoms with Crippen molar-refractivity contribution >= 4 is 0 Å². The van der Waals surface area contributed by atoms with Gasteiger partial charge in [-0.2, -0.15) is 0 Å². The van der Waals surface area contributed by atoms with Gasteiger partial charge in [-0.15, -0.1) is 0 Å². The minimum atomic E-state index is 0.188. The highest BCUT2D eigenvalue weighted by molar-refractivity contribution is 5.14. The van der Waals surface area contributed by atoms with E-state index >= 15 is 0 Å². The van der Waals surface area contributed by atoms with E-state index < -0.39 is 0 Å². The summed E-state index contributed by atoms with van der Waals surface area (Å²) >= 11 is 0. The van der Waals surface area contributed by atoms with Crippen LogP contribution in [0.15, 0.2) is 30.3 Å². The third-order valence-corrected chi connectivity index (χ3v) is 3.25. The molecule has 0 spiro atoms. The Morgan fingerprint density at radius 1 is 1.31 bits per heavy atom. The van der Waals surface area contributed by atoms with E-state index in [1.54, 1.807) is 0 Å². The zero-order valence-corrected chi connectivity index (χ0v) is 10.0. The van der Waals surface area contributed by atoms with Gasteiger partial charge >= 0.3 is 0 Å². The van der Waals surface area contributed by atoms with Crippen molar-refractivity contribution in [1.29, 1.82) is 0 Å². The summed E-state index contributed by atoms with van der Waals surface area (Å²) in [6, 6.07) is 10.6. The van der Waals surface area contributed by atoms with E-state index in [2.05, 4.69) is 42.6 Å². The first-order valence-electron chi connectivity index (χ1n) is 6.15. The van der Waals surface area contributed by atoms with Crippen LogP contribution in [0.4, 0.5) is 0 Å². The number of rotatable bonds is 4. The van der Waals surface area contributed by atoms with Gasteiger partial charge in [0.1, 0.15) is 0 Å². The molecule has 88 valence electrons. The summed E-state index contributed by atoms with van der Waals surface area (Å²) in [4.78, 5) is 0. The Morgan fingerprint density at radius 2 is 2.12 bits per heavy atom. The quantitative estimate of drug-likeness (QED) is 0.839. The Balaban J connectivity index is 1.75. The van der Waals surface area contributed by atoms with Crippen molar-refractivity contribution < 1.29 is 4.74 Å². The first kappa shape index (κ1) is 11.6. The predicted octanol–water partition coefficient (Wildman–Crippen LogP) is 2.39. The van der Waals surface area contributed by atoms with Gasteiger partial charge in [0.15, 0.2) is 0 Å². The molecule has 1 aliphatic heterocycles. The van der Waals surface area contributed by atoms with Crippen molar-refractivity contribution in [3.05, 3.63) is 35.9 Å². The van der Waals surface area contributed by atoms with Crippen LogP contribution in [0.3, 0.4) is 0 Å². The molecule has 1 atom stereocenters. The molecule has 2 nitrogen and oxygen atoms in total. The number of ether oxygens (including phenoxy) is 1. The number of hydrogen-bond acceptors (Lipinski definition) is 2. The van der Waals surface area contributed by atoms with Gasteiger partial charge in [0, 0.05) is 12.1 Å². The Labute approximate surface area is 98.0 Å². The molecule has 1 aromatic rings. The molecule has 1 saturated heterocycles. The van der Waals surface area contributed by atoms with Crippen LogP contribution in [0.5, 0.6) is 0 Å². The molecule has 0 saturated carbocycles. The first-order chi connectivity index (χ1) is 7.79. The summed E-state index contributed by atoms with van der Waals surface area (Å²) in [5.74, 6) is 0. The standard InChI is InChI=1S/C14H21NO/c1-14(9-5-11-16-12-14)15-10-8-13-6-3-2-4-7-13/h2-4,6-7,15H,5,8-12H2,1H3. The van der Waals surface area contributed by atoms with Crippen LogP contribution in [0.2, 0.25) is 0 Å². The molecule has 0 radical (unpaired) electrons. The predicted molar refractivity (Wildman–Crippen MR) is 66.6 cm³/mol. The van der Waals surface area contributed by atoms with Gasteiger partial charge in [0.25, 0.3) is 0 Å². The van der Waals surface area contributed by atoms with Gasteiger partial charge < -0.3 is 10.1 Å². The fraction of sp³-hybridized carbons (Fsp3) is 0.571. The SMILES string of the molecule is CC1(NCCc2ccccc2)CCCOC1. The molecular weight excluding hydrogens is 198 g/mol. The van der Waals surface area contributed by atoms with E-state index in [4.69, 9.17) is 4.74 Å². The minimum absolute atomic E-state index is 0.188. The van der Waals surface area contributed by atoms with Crippen LogP contribution in [0.1, 0.15) is 25.3 Å². The van der Waals surface area contributed by atoms with E-state index in [0.29, 0.717) is 0 Å². The zero-order chi connectivity index (χ0) is 11.3. The fourth-order valence-corrected chi connectivity index (χ4v) is 2.23. The first-order valence-corrected chi connectivity index (χ1v) is 6.15. The van der Waals surface area contributed by atoms with Crippen LogP contribution in [-0.2, 0) is 11.2 Å². The summed E-state index contributed by atoms with van der Waals surface area (Å²) < 4.78 is 5.53. The lowest BCUT2D eigenvalue weighted by Crippen LogP contribution is -2.49. The van der Waals surface area contributed by atoms with Gasteiger partial charge in [-0.05, 0) is 38.3 Å². The third kappa shape index (κ3) is 3.32. The maximum Gasteiger partial charge on any atom is 0.0645 e. The zero-order valence-electron chi connectivity index (χ0n) is 10.0. The minimum Gasteiger partial charge on any atom is -0.380 e. The second-order valence-electron chi connectivity index (χ2n) is 4.88. The Bertz CT molecular complexity index is 304. The highest BCUT2D eigenvalue weighted by Crippen LogP contribution is 2.18. The average molecular weight is 219 g/mol. The molecular formula is C14H21NO.